The number of amides is 4. The van der Waals surface area contributed by atoms with Gasteiger partial charge in [0.15, 0.2) is 11.5 Å². The van der Waals surface area contributed by atoms with Gasteiger partial charge in [0.05, 0.1) is 22.1 Å². The standard InChI is InChI=1S/C27H19IN2O5/c1-3-14-35-24-22(28)16-18(17-23(24)34-2)15-21-25(31)29(19-10-6-4-7-11-19)27(33)30(26(21)32)20-12-8-5-9-13-20/h1,4-13,15-17H,14H2,2H3. The van der Waals surface area contributed by atoms with Crippen molar-refractivity contribution in [2.24, 2.45) is 0 Å². The molecule has 1 aliphatic rings. The molecule has 0 saturated carbocycles. The van der Waals surface area contributed by atoms with E-state index in [0.29, 0.717) is 32.0 Å². The molecule has 0 aromatic heterocycles. The number of para-hydroxylation sites is 2. The summed E-state index contributed by atoms with van der Waals surface area (Å²) in [5.41, 5.74) is 1.05. The number of nitrogens with zero attached hydrogens (tertiary/aromatic N) is 2. The van der Waals surface area contributed by atoms with Crippen molar-refractivity contribution in [2.75, 3.05) is 23.5 Å². The third kappa shape index (κ3) is 4.76. The van der Waals surface area contributed by atoms with Crippen molar-refractivity contribution in [3.05, 3.63) is 87.5 Å². The molecule has 0 bridgehead atoms. The van der Waals surface area contributed by atoms with Crippen molar-refractivity contribution >= 4 is 57.9 Å². The average Bonchev–Trinajstić information content (AvgIpc) is 2.87. The minimum absolute atomic E-state index is 0.0595. The zero-order valence-corrected chi connectivity index (χ0v) is 20.8. The number of barbiturate groups is 1. The van der Waals surface area contributed by atoms with Gasteiger partial charge in [0, 0.05) is 0 Å². The lowest BCUT2D eigenvalue weighted by Gasteiger charge is -2.34. The molecule has 3 aromatic carbocycles. The summed E-state index contributed by atoms with van der Waals surface area (Å²) in [5, 5.41) is 0. The summed E-state index contributed by atoms with van der Waals surface area (Å²) in [6.07, 6.45) is 6.74. The smallest absolute Gasteiger partial charge is 0.343 e. The van der Waals surface area contributed by atoms with Crippen LogP contribution in [0.15, 0.2) is 78.4 Å². The van der Waals surface area contributed by atoms with Gasteiger partial charge in [0.25, 0.3) is 11.8 Å². The van der Waals surface area contributed by atoms with Gasteiger partial charge in [-0.2, -0.15) is 0 Å². The molecule has 1 heterocycles. The van der Waals surface area contributed by atoms with Gasteiger partial charge < -0.3 is 9.47 Å². The number of benzene rings is 3. The topological polar surface area (TPSA) is 76.2 Å². The monoisotopic (exact) mass is 578 g/mol. The zero-order chi connectivity index (χ0) is 24.9. The van der Waals surface area contributed by atoms with E-state index in [4.69, 9.17) is 15.9 Å². The lowest BCUT2D eigenvalue weighted by atomic mass is 10.0. The zero-order valence-electron chi connectivity index (χ0n) is 18.6. The van der Waals surface area contributed by atoms with Crippen LogP contribution in [0.5, 0.6) is 11.5 Å². The van der Waals surface area contributed by atoms with Crippen LogP contribution in [0.4, 0.5) is 16.2 Å². The van der Waals surface area contributed by atoms with E-state index in [0.717, 1.165) is 9.80 Å². The fraction of sp³-hybridized carbons (Fsp3) is 0.0741. The number of urea groups is 1. The Morgan fingerprint density at radius 2 is 1.46 bits per heavy atom. The van der Waals surface area contributed by atoms with Crippen LogP contribution in [0, 0.1) is 15.9 Å². The number of halogens is 1. The van der Waals surface area contributed by atoms with Crippen LogP contribution in [-0.2, 0) is 9.59 Å². The highest BCUT2D eigenvalue weighted by Crippen LogP contribution is 2.36. The third-order valence-corrected chi connectivity index (χ3v) is 5.94. The Bertz CT molecular complexity index is 1300. The fourth-order valence-corrected chi connectivity index (χ4v) is 4.36. The highest BCUT2D eigenvalue weighted by atomic mass is 127. The SMILES string of the molecule is C#CCOc1c(I)cc(C=C2C(=O)N(c3ccccc3)C(=O)N(c3ccccc3)C2=O)cc1OC. The number of carbonyl (C=O) groups is 3. The number of hydrogen-bond donors (Lipinski definition) is 0. The molecule has 35 heavy (non-hydrogen) atoms. The number of anilines is 2. The van der Waals surface area contributed by atoms with Gasteiger partial charge in [-0.05, 0) is 70.6 Å². The van der Waals surface area contributed by atoms with E-state index in [1.165, 1.54) is 13.2 Å². The van der Waals surface area contributed by atoms with Crippen LogP contribution >= 0.6 is 22.6 Å². The molecule has 0 atom stereocenters. The van der Waals surface area contributed by atoms with Crippen molar-refractivity contribution in [2.45, 2.75) is 0 Å². The Labute approximate surface area is 216 Å². The first-order chi connectivity index (χ1) is 17.0. The van der Waals surface area contributed by atoms with E-state index < -0.39 is 17.8 Å². The van der Waals surface area contributed by atoms with Crippen molar-refractivity contribution in [3.63, 3.8) is 0 Å². The van der Waals surface area contributed by atoms with Gasteiger partial charge >= 0.3 is 6.03 Å². The van der Waals surface area contributed by atoms with Gasteiger partial charge in [-0.15, -0.1) is 6.42 Å². The molecule has 4 rings (SSSR count). The summed E-state index contributed by atoms with van der Waals surface area (Å²) in [7, 11) is 1.48. The molecule has 1 fully saturated rings. The normalized spacial score (nSPS) is 13.5. The molecular weight excluding hydrogens is 559 g/mol. The molecule has 3 aromatic rings. The molecule has 174 valence electrons. The highest BCUT2D eigenvalue weighted by molar-refractivity contribution is 14.1. The molecular formula is C27H19IN2O5. The third-order valence-electron chi connectivity index (χ3n) is 5.14. The molecule has 4 amide bonds. The summed E-state index contributed by atoms with van der Waals surface area (Å²) in [5.74, 6) is 1.82. The minimum atomic E-state index is -0.750. The second-order valence-corrected chi connectivity index (χ2v) is 8.48. The van der Waals surface area contributed by atoms with Crippen molar-refractivity contribution < 1.29 is 23.9 Å². The molecule has 8 heteroatoms. The van der Waals surface area contributed by atoms with E-state index in [1.54, 1.807) is 72.8 Å². The molecule has 0 unspecified atom stereocenters. The van der Waals surface area contributed by atoms with Crippen molar-refractivity contribution in [1.82, 2.24) is 0 Å². The highest BCUT2D eigenvalue weighted by Gasteiger charge is 2.43. The second kappa shape index (κ2) is 10.4. The van der Waals surface area contributed by atoms with Crippen molar-refractivity contribution in [3.8, 4) is 23.8 Å². The Hall–Kier alpha value is -4.10. The maximum absolute atomic E-state index is 13.5. The molecule has 0 aliphatic carbocycles. The Balaban J connectivity index is 1.85. The van der Waals surface area contributed by atoms with E-state index in [-0.39, 0.29) is 12.2 Å². The maximum Gasteiger partial charge on any atom is 0.343 e. The molecule has 1 saturated heterocycles. The molecule has 1 aliphatic heterocycles. The minimum Gasteiger partial charge on any atom is -0.493 e. The van der Waals surface area contributed by atoms with Gasteiger partial charge in [-0.1, -0.05) is 42.3 Å². The van der Waals surface area contributed by atoms with Gasteiger partial charge in [-0.25, -0.2) is 14.6 Å². The van der Waals surface area contributed by atoms with E-state index in [9.17, 15) is 14.4 Å². The predicted octanol–water partition coefficient (Wildman–Crippen LogP) is 4.90. The lowest BCUT2D eigenvalue weighted by Crippen LogP contribution is -2.57. The van der Waals surface area contributed by atoms with E-state index in [1.807, 2.05) is 0 Å². The number of methoxy groups -OCH3 is 1. The van der Waals surface area contributed by atoms with Crippen molar-refractivity contribution in [1.29, 1.82) is 0 Å². The summed E-state index contributed by atoms with van der Waals surface area (Å²) < 4.78 is 11.7. The second-order valence-electron chi connectivity index (χ2n) is 7.32. The number of rotatable bonds is 6. The van der Waals surface area contributed by atoms with E-state index in [2.05, 4.69) is 28.5 Å². The number of carbonyl (C=O) groups excluding carboxylic acids is 3. The lowest BCUT2D eigenvalue weighted by molar-refractivity contribution is -0.121. The van der Waals surface area contributed by atoms with Gasteiger partial charge in [0.1, 0.15) is 12.2 Å². The largest absolute Gasteiger partial charge is 0.493 e. The quantitative estimate of drug-likeness (QED) is 0.180. The van der Waals surface area contributed by atoms with Crippen LogP contribution in [0.2, 0.25) is 0 Å². The molecule has 0 radical (unpaired) electrons. The van der Waals surface area contributed by atoms with E-state index >= 15 is 0 Å². The van der Waals surface area contributed by atoms with Crippen LogP contribution in [-0.4, -0.2) is 31.6 Å². The molecule has 7 nitrogen and oxygen atoms in total. The molecule has 0 spiro atoms. The van der Waals surface area contributed by atoms with Crippen LogP contribution < -0.4 is 19.3 Å². The molecule has 0 N–H and O–H groups in total. The Kier molecular flexibility index (Phi) is 7.17. The predicted molar refractivity (Wildman–Crippen MR) is 141 cm³/mol. The Morgan fingerprint density at radius 3 is 1.94 bits per heavy atom. The number of terminal acetylenes is 1. The first-order valence-electron chi connectivity index (χ1n) is 10.4. The van der Waals surface area contributed by atoms with Gasteiger partial charge in [-0.3, -0.25) is 9.59 Å². The number of ether oxygens (including phenoxy) is 2. The van der Waals surface area contributed by atoms with Crippen LogP contribution in [0.1, 0.15) is 5.56 Å². The van der Waals surface area contributed by atoms with Gasteiger partial charge in [0.2, 0.25) is 0 Å². The summed E-state index contributed by atoms with van der Waals surface area (Å²) in [6.45, 7) is 0.0595. The first-order valence-corrected chi connectivity index (χ1v) is 11.5. The summed E-state index contributed by atoms with van der Waals surface area (Å²) in [4.78, 5) is 42.3. The number of imide groups is 2. The average molecular weight is 578 g/mol. The maximum atomic E-state index is 13.5. The summed E-state index contributed by atoms with van der Waals surface area (Å²) >= 11 is 2.06. The summed E-state index contributed by atoms with van der Waals surface area (Å²) in [6, 6.07) is 19.6. The van der Waals surface area contributed by atoms with Crippen LogP contribution in [0.25, 0.3) is 6.08 Å². The number of hydrogen-bond acceptors (Lipinski definition) is 5. The first kappa shape index (κ1) is 24.0. The Morgan fingerprint density at radius 1 is 0.914 bits per heavy atom. The fourth-order valence-electron chi connectivity index (χ4n) is 3.58. The van der Waals surface area contributed by atoms with Crippen LogP contribution in [0.3, 0.4) is 0 Å².